The highest BCUT2D eigenvalue weighted by atomic mass is 32.2. The average molecular weight is 354 g/mol. The molecule has 1 aliphatic rings. The van der Waals surface area contributed by atoms with Crippen molar-refractivity contribution in [1.82, 2.24) is 14.7 Å². The molecule has 1 fully saturated rings. The maximum Gasteiger partial charge on any atom is 0.143 e. The van der Waals surface area contributed by atoms with Gasteiger partial charge in [0.2, 0.25) is 0 Å². The predicted molar refractivity (Wildman–Crippen MR) is 100 cm³/mol. The van der Waals surface area contributed by atoms with Crippen LogP contribution < -0.4 is 0 Å². The van der Waals surface area contributed by atoms with Crippen LogP contribution >= 0.6 is 60.2 Å². The molecule has 1 heterocycles. The van der Waals surface area contributed by atoms with Gasteiger partial charge >= 0.3 is 0 Å². The van der Waals surface area contributed by atoms with Crippen LogP contribution in [0.5, 0.6) is 0 Å². The van der Waals surface area contributed by atoms with Crippen LogP contribution in [0.2, 0.25) is 0 Å². The molecular formula is C11H19N3S5. The summed E-state index contributed by atoms with van der Waals surface area (Å²) in [4.78, 5) is 6.39. The summed E-state index contributed by atoms with van der Waals surface area (Å²) in [6.45, 7) is 5.86. The van der Waals surface area contributed by atoms with Crippen LogP contribution in [0.25, 0.3) is 0 Å². The standard InChI is InChI=1S/C11H19N3S5/c1-4-18-10(16)13-5-7-14(8-6-13)11(17)19-9(15)12(2)3/h4-8H2,1-3H3. The molecule has 0 unspecified atom stereocenters. The number of hydrogen-bond acceptors (Lipinski definition) is 5. The van der Waals surface area contributed by atoms with E-state index in [2.05, 4.69) is 16.7 Å². The summed E-state index contributed by atoms with van der Waals surface area (Å²) in [6.07, 6.45) is 0. The fourth-order valence-electron chi connectivity index (χ4n) is 1.52. The molecule has 0 aliphatic carbocycles. The Hall–Kier alpha value is 0.370. The molecule has 0 aromatic rings. The average Bonchev–Trinajstić information content (AvgIpc) is 2.39. The van der Waals surface area contributed by atoms with Crippen molar-refractivity contribution in [3.05, 3.63) is 0 Å². The number of thioether (sulfide) groups is 2. The molecule has 0 bridgehead atoms. The summed E-state index contributed by atoms with van der Waals surface area (Å²) >= 11 is 19.3. The van der Waals surface area contributed by atoms with Crippen molar-refractivity contribution in [1.29, 1.82) is 0 Å². The molecule has 108 valence electrons. The molecule has 0 aromatic carbocycles. The third-order valence-corrected chi connectivity index (χ3v) is 6.11. The van der Waals surface area contributed by atoms with Gasteiger partial charge in [-0.25, -0.2) is 0 Å². The molecule has 19 heavy (non-hydrogen) atoms. The Kier molecular flexibility index (Phi) is 7.90. The number of nitrogens with zero attached hydrogens (tertiary/aromatic N) is 3. The lowest BCUT2D eigenvalue weighted by molar-refractivity contribution is 0.271. The Labute approximate surface area is 140 Å². The number of hydrogen-bond donors (Lipinski definition) is 0. The molecule has 1 aliphatic heterocycles. The van der Waals surface area contributed by atoms with Crippen molar-refractivity contribution in [2.45, 2.75) is 6.92 Å². The summed E-state index contributed by atoms with van der Waals surface area (Å²) in [5.41, 5.74) is 0. The van der Waals surface area contributed by atoms with E-state index in [-0.39, 0.29) is 0 Å². The van der Waals surface area contributed by atoms with E-state index in [0.717, 1.165) is 44.9 Å². The molecule has 1 rings (SSSR count). The Morgan fingerprint density at radius 1 is 1.00 bits per heavy atom. The summed E-state index contributed by atoms with van der Waals surface area (Å²) in [5.74, 6) is 1.03. The molecule has 8 heteroatoms. The third-order valence-electron chi connectivity index (χ3n) is 2.60. The van der Waals surface area contributed by atoms with Crippen LogP contribution in [-0.4, -0.2) is 73.7 Å². The van der Waals surface area contributed by atoms with E-state index in [1.54, 1.807) is 11.8 Å². The van der Waals surface area contributed by atoms with Crippen molar-refractivity contribution in [2.24, 2.45) is 0 Å². The molecule has 0 atom stereocenters. The maximum absolute atomic E-state index is 5.44. The Morgan fingerprint density at radius 3 is 1.89 bits per heavy atom. The molecule has 0 aromatic heterocycles. The first-order chi connectivity index (χ1) is 8.95. The Morgan fingerprint density at radius 2 is 1.47 bits per heavy atom. The van der Waals surface area contributed by atoms with Crippen LogP contribution in [0.3, 0.4) is 0 Å². The van der Waals surface area contributed by atoms with Gasteiger partial charge in [-0.3, -0.25) is 0 Å². The van der Waals surface area contributed by atoms with Gasteiger partial charge in [0, 0.05) is 40.3 Å². The lowest BCUT2D eigenvalue weighted by Gasteiger charge is -2.37. The monoisotopic (exact) mass is 353 g/mol. The van der Waals surface area contributed by atoms with Crippen LogP contribution in [0.1, 0.15) is 6.92 Å². The van der Waals surface area contributed by atoms with E-state index >= 15 is 0 Å². The minimum absolute atomic E-state index is 0.810. The van der Waals surface area contributed by atoms with E-state index in [4.69, 9.17) is 36.7 Å². The molecule has 0 radical (unpaired) electrons. The minimum Gasteiger partial charge on any atom is -0.363 e. The molecule has 0 spiro atoms. The largest absolute Gasteiger partial charge is 0.363 e. The van der Waals surface area contributed by atoms with Gasteiger partial charge in [-0.2, -0.15) is 0 Å². The quantitative estimate of drug-likeness (QED) is 0.657. The molecule has 0 saturated carbocycles. The van der Waals surface area contributed by atoms with Crippen molar-refractivity contribution >= 4 is 73.1 Å². The van der Waals surface area contributed by atoms with Crippen LogP contribution in [0.4, 0.5) is 0 Å². The smallest absolute Gasteiger partial charge is 0.143 e. The lowest BCUT2D eigenvalue weighted by atomic mass is 10.4. The van der Waals surface area contributed by atoms with Gasteiger partial charge in [0.15, 0.2) is 0 Å². The van der Waals surface area contributed by atoms with Crippen molar-refractivity contribution in [3.63, 3.8) is 0 Å². The summed E-state index contributed by atoms with van der Waals surface area (Å²) < 4.78 is 2.68. The second kappa shape index (κ2) is 8.61. The van der Waals surface area contributed by atoms with Crippen molar-refractivity contribution in [3.8, 4) is 0 Å². The first kappa shape index (κ1) is 17.4. The normalized spacial score (nSPS) is 15.3. The number of rotatable bonds is 1. The maximum atomic E-state index is 5.44. The molecule has 0 N–H and O–H groups in total. The van der Waals surface area contributed by atoms with Gasteiger partial charge < -0.3 is 14.7 Å². The summed E-state index contributed by atoms with van der Waals surface area (Å²) in [7, 11) is 3.88. The van der Waals surface area contributed by atoms with Gasteiger partial charge in [-0.1, -0.05) is 55.3 Å². The molecular weight excluding hydrogens is 334 g/mol. The van der Waals surface area contributed by atoms with Gasteiger partial charge in [0.1, 0.15) is 13.0 Å². The third kappa shape index (κ3) is 5.71. The van der Waals surface area contributed by atoms with Gasteiger partial charge in [0.25, 0.3) is 0 Å². The lowest BCUT2D eigenvalue weighted by Crippen LogP contribution is -2.48. The minimum atomic E-state index is 0.810. The fraction of sp³-hybridized carbons (Fsp3) is 0.727. The molecule has 1 saturated heterocycles. The highest BCUT2D eigenvalue weighted by molar-refractivity contribution is 8.37. The van der Waals surface area contributed by atoms with E-state index in [9.17, 15) is 0 Å². The summed E-state index contributed by atoms with van der Waals surface area (Å²) in [6, 6.07) is 0. The van der Waals surface area contributed by atoms with Crippen LogP contribution in [0, 0.1) is 0 Å². The highest BCUT2D eigenvalue weighted by Gasteiger charge is 2.21. The van der Waals surface area contributed by atoms with Crippen LogP contribution in [0.15, 0.2) is 0 Å². The first-order valence-electron chi connectivity index (χ1n) is 6.05. The second-order valence-electron chi connectivity index (χ2n) is 4.20. The second-order valence-corrected chi connectivity index (χ2v) is 8.37. The van der Waals surface area contributed by atoms with Crippen molar-refractivity contribution < 1.29 is 0 Å². The molecule has 0 amide bonds. The van der Waals surface area contributed by atoms with Crippen molar-refractivity contribution in [2.75, 3.05) is 46.0 Å². The number of piperazine rings is 1. The van der Waals surface area contributed by atoms with Gasteiger partial charge in [-0.15, -0.1) is 0 Å². The Bertz CT molecular complexity index is 350. The summed E-state index contributed by atoms with van der Waals surface area (Å²) in [5, 5.41) is 0. The fourth-order valence-corrected chi connectivity index (χ4v) is 4.12. The van der Waals surface area contributed by atoms with E-state index in [1.807, 2.05) is 19.0 Å². The number of thiocarbonyl (C=S) groups is 3. The zero-order valence-electron chi connectivity index (χ0n) is 11.4. The van der Waals surface area contributed by atoms with Crippen LogP contribution in [-0.2, 0) is 0 Å². The Balaban J connectivity index is 2.39. The highest BCUT2D eigenvalue weighted by Crippen LogP contribution is 2.17. The van der Waals surface area contributed by atoms with Gasteiger partial charge in [-0.05, 0) is 17.5 Å². The zero-order valence-corrected chi connectivity index (χ0v) is 15.5. The zero-order chi connectivity index (χ0) is 14.4. The first-order valence-corrected chi connectivity index (χ1v) is 9.08. The SMILES string of the molecule is CCSC(=S)N1CCN(C(=S)SC(=S)N(C)C)CC1. The molecule has 3 nitrogen and oxygen atoms in total. The van der Waals surface area contributed by atoms with Gasteiger partial charge in [0.05, 0.1) is 0 Å². The van der Waals surface area contributed by atoms with E-state index < -0.39 is 0 Å². The van der Waals surface area contributed by atoms with E-state index in [1.165, 1.54) is 11.8 Å². The topological polar surface area (TPSA) is 9.72 Å². The predicted octanol–water partition coefficient (Wildman–Crippen LogP) is 2.51. The van der Waals surface area contributed by atoms with E-state index in [0.29, 0.717) is 0 Å².